The maximum absolute atomic E-state index is 11.8. The third-order valence-corrected chi connectivity index (χ3v) is 3.47. The van der Waals surface area contributed by atoms with Crippen molar-refractivity contribution in [2.75, 3.05) is 14.2 Å². The quantitative estimate of drug-likeness (QED) is 0.303. The van der Waals surface area contributed by atoms with Crippen LogP contribution >= 0.6 is 0 Å². The summed E-state index contributed by atoms with van der Waals surface area (Å²) in [5.41, 5.74) is -0.640. The lowest BCUT2D eigenvalue weighted by molar-refractivity contribution is -0.159. The molecular formula is C20H34N2O10. The van der Waals surface area contributed by atoms with Crippen molar-refractivity contribution in [2.45, 2.75) is 78.0 Å². The van der Waals surface area contributed by atoms with E-state index in [1.165, 1.54) is 28.1 Å². The molecule has 0 saturated heterocycles. The van der Waals surface area contributed by atoms with Gasteiger partial charge in [0.25, 0.3) is 0 Å². The molecule has 2 amide bonds. The highest BCUT2D eigenvalue weighted by Gasteiger charge is 2.26. The smallest absolute Gasteiger partial charge is 0.329 e. The summed E-state index contributed by atoms with van der Waals surface area (Å²) in [7, 11) is 2.49. The highest BCUT2D eigenvalue weighted by Crippen LogP contribution is 2.11. The molecule has 184 valence electrons. The van der Waals surface area contributed by atoms with E-state index in [0.29, 0.717) is 0 Å². The Morgan fingerprint density at radius 1 is 0.781 bits per heavy atom. The van der Waals surface area contributed by atoms with Gasteiger partial charge in [-0.05, 0) is 33.6 Å². The normalized spacial score (nSPS) is 12.1. The molecule has 0 aromatic heterocycles. The van der Waals surface area contributed by atoms with E-state index in [0.717, 1.165) is 0 Å². The number of carboxylic acids is 1. The minimum atomic E-state index is -1.16. The highest BCUT2D eigenvalue weighted by molar-refractivity contribution is 5.84. The Morgan fingerprint density at radius 2 is 1.16 bits per heavy atom. The molecule has 3 N–H and O–H groups in total. The lowest BCUT2D eigenvalue weighted by Gasteiger charge is -2.24. The fraction of sp³-hybridized carbons (Fsp3) is 0.700. The molecule has 0 aliphatic heterocycles. The van der Waals surface area contributed by atoms with Crippen LogP contribution in [-0.2, 0) is 43.0 Å². The molecular weight excluding hydrogens is 428 g/mol. The average Bonchev–Trinajstić information content (AvgIpc) is 2.65. The van der Waals surface area contributed by atoms with E-state index < -0.39 is 47.5 Å². The number of hydrogen-bond acceptors (Lipinski definition) is 9. The molecule has 0 radical (unpaired) electrons. The predicted molar refractivity (Wildman–Crippen MR) is 111 cm³/mol. The monoisotopic (exact) mass is 462 g/mol. The number of amides is 2. The summed E-state index contributed by atoms with van der Waals surface area (Å²) in [6.45, 7) is 7.71. The Labute approximate surface area is 187 Å². The van der Waals surface area contributed by atoms with E-state index in [1.807, 2.05) is 0 Å². The molecule has 0 heterocycles. The first kappa shape index (κ1) is 31.0. The van der Waals surface area contributed by atoms with Crippen molar-refractivity contribution in [2.24, 2.45) is 0 Å². The zero-order valence-corrected chi connectivity index (χ0v) is 19.6. The van der Waals surface area contributed by atoms with Crippen LogP contribution in [0.5, 0.6) is 0 Å². The summed E-state index contributed by atoms with van der Waals surface area (Å²) in [6.07, 6.45) is 0.192. The van der Waals surface area contributed by atoms with Crippen LogP contribution in [0.25, 0.3) is 0 Å². The van der Waals surface area contributed by atoms with Crippen LogP contribution < -0.4 is 10.6 Å². The van der Waals surface area contributed by atoms with Gasteiger partial charge in [0, 0.05) is 26.7 Å². The van der Waals surface area contributed by atoms with Gasteiger partial charge in [0.05, 0.1) is 14.2 Å². The zero-order chi connectivity index (χ0) is 25.5. The number of esters is 3. The summed E-state index contributed by atoms with van der Waals surface area (Å²) in [5, 5.41) is 13.3. The van der Waals surface area contributed by atoms with Crippen molar-refractivity contribution in [3.8, 4) is 0 Å². The summed E-state index contributed by atoms with van der Waals surface area (Å²) < 4.78 is 14.0. The van der Waals surface area contributed by atoms with Gasteiger partial charge in [-0.1, -0.05) is 0 Å². The van der Waals surface area contributed by atoms with Gasteiger partial charge >= 0.3 is 23.9 Å². The van der Waals surface area contributed by atoms with Gasteiger partial charge in [-0.3, -0.25) is 19.2 Å². The van der Waals surface area contributed by atoms with Gasteiger partial charge in [0.15, 0.2) is 0 Å². The van der Waals surface area contributed by atoms with Gasteiger partial charge < -0.3 is 30.0 Å². The summed E-state index contributed by atoms with van der Waals surface area (Å²) >= 11 is 0. The van der Waals surface area contributed by atoms with Crippen molar-refractivity contribution in [1.82, 2.24) is 10.6 Å². The van der Waals surface area contributed by atoms with E-state index in [1.54, 1.807) is 20.8 Å². The van der Waals surface area contributed by atoms with Gasteiger partial charge in [-0.2, -0.15) is 0 Å². The number of hydrogen-bond donors (Lipinski definition) is 3. The molecule has 0 aliphatic rings. The Balaban J connectivity index is 0. The van der Waals surface area contributed by atoms with Crippen LogP contribution in [0.3, 0.4) is 0 Å². The molecule has 0 aromatic rings. The maximum Gasteiger partial charge on any atom is 0.329 e. The second kappa shape index (κ2) is 15.6. The van der Waals surface area contributed by atoms with Crippen LogP contribution in [-0.4, -0.2) is 72.7 Å². The maximum atomic E-state index is 11.8. The van der Waals surface area contributed by atoms with Crippen LogP contribution in [0.15, 0.2) is 0 Å². The zero-order valence-electron chi connectivity index (χ0n) is 19.6. The van der Waals surface area contributed by atoms with Crippen LogP contribution in [0.4, 0.5) is 0 Å². The summed E-state index contributed by atoms with van der Waals surface area (Å²) in [4.78, 5) is 65.7. The van der Waals surface area contributed by atoms with Crippen LogP contribution in [0, 0.1) is 0 Å². The third kappa shape index (κ3) is 17.7. The van der Waals surface area contributed by atoms with E-state index >= 15 is 0 Å². The average molecular weight is 462 g/mol. The van der Waals surface area contributed by atoms with E-state index in [4.69, 9.17) is 9.84 Å². The first-order chi connectivity index (χ1) is 14.6. The molecule has 0 fully saturated rings. The van der Waals surface area contributed by atoms with Crippen LogP contribution in [0.1, 0.15) is 60.3 Å². The SMILES string of the molecule is COC(=O)CCC(NC(C)=O)C(=O)O.COC(=O)CCC(NC(C)=O)C(=O)OC(C)(C)C. The minimum Gasteiger partial charge on any atom is -0.480 e. The predicted octanol–water partition coefficient (Wildman–Crippen LogP) is 0.315. The number of ether oxygens (including phenoxy) is 3. The topological polar surface area (TPSA) is 174 Å². The Hall–Kier alpha value is -3.18. The molecule has 0 saturated carbocycles. The van der Waals surface area contributed by atoms with E-state index in [-0.39, 0.29) is 31.6 Å². The lowest BCUT2D eigenvalue weighted by atomic mass is 10.1. The molecule has 0 bridgehead atoms. The molecule has 32 heavy (non-hydrogen) atoms. The first-order valence-corrected chi connectivity index (χ1v) is 9.76. The van der Waals surface area contributed by atoms with Crippen molar-refractivity contribution < 1.29 is 48.1 Å². The van der Waals surface area contributed by atoms with Crippen molar-refractivity contribution >= 4 is 35.7 Å². The fourth-order valence-electron chi connectivity index (χ4n) is 2.10. The standard InChI is InChI=1S/C12H21NO5.C8H13NO5/c1-8(14)13-9(6-7-10(15)17-5)11(16)18-12(2,3)4;1-5(10)9-6(8(12)13)3-4-7(11)14-2/h9H,6-7H2,1-5H3,(H,13,14);6H,3-4H2,1-2H3,(H,9,10)(H,12,13). The van der Waals surface area contributed by atoms with Gasteiger partial charge in [-0.25, -0.2) is 9.59 Å². The Bertz CT molecular complexity index is 670. The number of methoxy groups -OCH3 is 2. The largest absolute Gasteiger partial charge is 0.480 e. The van der Waals surface area contributed by atoms with Crippen molar-refractivity contribution in [3.63, 3.8) is 0 Å². The second-order valence-corrected chi connectivity index (χ2v) is 7.61. The number of carbonyl (C=O) groups excluding carboxylic acids is 5. The van der Waals surface area contributed by atoms with Crippen molar-refractivity contribution in [3.05, 3.63) is 0 Å². The summed E-state index contributed by atoms with van der Waals surface area (Å²) in [5.74, 6) is -3.45. The van der Waals surface area contributed by atoms with Crippen LogP contribution in [0.2, 0.25) is 0 Å². The van der Waals surface area contributed by atoms with Gasteiger partial charge in [-0.15, -0.1) is 0 Å². The fourth-order valence-corrected chi connectivity index (χ4v) is 2.10. The molecule has 12 nitrogen and oxygen atoms in total. The van der Waals surface area contributed by atoms with Gasteiger partial charge in [0.1, 0.15) is 17.7 Å². The number of aliphatic carboxylic acids is 1. The van der Waals surface area contributed by atoms with E-state index in [2.05, 4.69) is 20.1 Å². The first-order valence-electron chi connectivity index (χ1n) is 9.76. The molecule has 0 aromatic carbocycles. The molecule has 12 heteroatoms. The molecule has 2 unspecified atom stereocenters. The third-order valence-electron chi connectivity index (χ3n) is 3.47. The highest BCUT2D eigenvalue weighted by atomic mass is 16.6. The Morgan fingerprint density at radius 3 is 1.47 bits per heavy atom. The summed E-state index contributed by atoms with van der Waals surface area (Å²) in [6, 6.07) is -1.87. The molecule has 0 rings (SSSR count). The lowest BCUT2D eigenvalue weighted by Crippen LogP contribution is -2.43. The Kier molecular flexibility index (Phi) is 15.1. The second-order valence-electron chi connectivity index (χ2n) is 7.61. The molecule has 0 aliphatic carbocycles. The van der Waals surface area contributed by atoms with Crippen molar-refractivity contribution in [1.29, 1.82) is 0 Å². The minimum absolute atomic E-state index is 0.0294. The molecule has 0 spiro atoms. The number of nitrogens with one attached hydrogen (secondary N) is 2. The van der Waals surface area contributed by atoms with E-state index in [9.17, 15) is 28.8 Å². The van der Waals surface area contributed by atoms with Gasteiger partial charge in [0.2, 0.25) is 11.8 Å². The number of rotatable bonds is 10. The number of carbonyl (C=O) groups is 6. The molecule has 2 atom stereocenters. The number of carboxylic acid groups (broad SMARTS) is 1.